The van der Waals surface area contributed by atoms with Crippen LogP contribution in [0.5, 0.6) is 11.5 Å². The summed E-state index contributed by atoms with van der Waals surface area (Å²) in [7, 11) is 0. The zero-order chi connectivity index (χ0) is 14.5. The maximum absolute atomic E-state index is 11.0. The molecule has 0 bridgehead atoms. The quantitative estimate of drug-likeness (QED) is 0.623. The van der Waals surface area contributed by atoms with Gasteiger partial charge in [-0.3, -0.25) is 10.1 Å². The highest BCUT2D eigenvalue weighted by atomic mass is 16.6. The van der Waals surface area contributed by atoms with Crippen molar-refractivity contribution in [1.82, 2.24) is 4.98 Å². The summed E-state index contributed by atoms with van der Waals surface area (Å²) < 4.78 is 5.37. The molecule has 20 heavy (non-hydrogen) atoms. The van der Waals surface area contributed by atoms with Gasteiger partial charge < -0.3 is 4.74 Å². The largest absolute Gasteiger partial charge is 0.450 e. The number of nitrogens with zero attached hydrogens (tertiary/aromatic N) is 4. The molecule has 0 spiro atoms. The van der Waals surface area contributed by atoms with E-state index in [-0.39, 0.29) is 28.4 Å². The first-order valence-corrected chi connectivity index (χ1v) is 5.36. The van der Waals surface area contributed by atoms with Crippen LogP contribution in [0.4, 0.5) is 5.69 Å². The van der Waals surface area contributed by atoms with Crippen LogP contribution in [0.2, 0.25) is 0 Å². The van der Waals surface area contributed by atoms with E-state index in [1.165, 1.54) is 30.5 Å². The van der Waals surface area contributed by atoms with E-state index in [1.54, 1.807) is 0 Å². The van der Waals surface area contributed by atoms with E-state index in [0.717, 1.165) is 6.07 Å². The Hall–Kier alpha value is -3.45. The SMILES string of the molecule is N#Cc1ccc(Oc2ccnc(C#N)c2)c([N+](=O)[O-])c1. The first kappa shape index (κ1) is 13.0. The number of benzene rings is 1. The molecule has 2 aromatic rings. The van der Waals surface area contributed by atoms with Crippen molar-refractivity contribution in [2.75, 3.05) is 0 Å². The van der Waals surface area contributed by atoms with E-state index in [2.05, 4.69) is 4.98 Å². The van der Waals surface area contributed by atoms with Gasteiger partial charge in [-0.2, -0.15) is 10.5 Å². The first-order valence-electron chi connectivity index (χ1n) is 5.36. The van der Waals surface area contributed by atoms with Gasteiger partial charge >= 0.3 is 5.69 Å². The zero-order valence-electron chi connectivity index (χ0n) is 9.98. The second-order valence-electron chi connectivity index (χ2n) is 3.64. The molecule has 0 radical (unpaired) electrons. The molecule has 7 nitrogen and oxygen atoms in total. The van der Waals surface area contributed by atoms with Crippen molar-refractivity contribution < 1.29 is 9.66 Å². The molecule has 0 fully saturated rings. The maximum Gasteiger partial charge on any atom is 0.312 e. The van der Waals surface area contributed by atoms with E-state index in [4.69, 9.17) is 15.3 Å². The number of ether oxygens (including phenoxy) is 1. The second kappa shape index (κ2) is 5.46. The molecular weight excluding hydrogens is 260 g/mol. The number of pyridine rings is 1. The average Bonchev–Trinajstić information content (AvgIpc) is 2.47. The lowest BCUT2D eigenvalue weighted by Crippen LogP contribution is -1.95. The molecule has 2 rings (SSSR count). The molecule has 7 heteroatoms. The lowest BCUT2D eigenvalue weighted by atomic mass is 10.2. The minimum atomic E-state index is -0.636. The third-order valence-corrected chi connectivity index (χ3v) is 2.36. The Morgan fingerprint density at radius 1 is 1.20 bits per heavy atom. The van der Waals surface area contributed by atoms with Crippen LogP contribution in [0.15, 0.2) is 36.5 Å². The van der Waals surface area contributed by atoms with Crippen LogP contribution >= 0.6 is 0 Å². The molecule has 0 atom stereocenters. The molecule has 0 aliphatic carbocycles. The Kier molecular flexibility index (Phi) is 3.55. The lowest BCUT2D eigenvalue weighted by molar-refractivity contribution is -0.385. The van der Waals surface area contributed by atoms with Gasteiger partial charge in [-0.1, -0.05) is 0 Å². The number of aromatic nitrogens is 1. The van der Waals surface area contributed by atoms with Gasteiger partial charge in [0.1, 0.15) is 17.5 Å². The summed E-state index contributed by atoms with van der Waals surface area (Å²) in [4.78, 5) is 14.1. The van der Waals surface area contributed by atoms with E-state index in [1.807, 2.05) is 12.1 Å². The Morgan fingerprint density at radius 2 is 2.00 bits per heavy atom. The summed E-state index contributed by atoms with van der Waals surface area (Å²) in [6, 6.07) is 10.4. The fraction of sp³-hybridized carbons (Fsp3) is 0. The average molecular weight is 266 g/mol. The van der Waals surface area contributed by atoms with E-state index >= 15 is 0 Å². The molecule has 1 heterocycles. The molecular formula is C13H6N4O3. The van der Waals surface area contributed by atoms with Crippen molar-refractivity contribution in [3.63, 3.8) is 0 Å². The van der Waals surface area contributed by atoms with Crippen LogP contribution in [0, 0.1) is 32.8 Å². The first-order chi connectivity index (χ1) is 9.63. The standard InChI is InChI=1S/C13H6N4O3/c14-7-9-1-2-13(12(5-9)17(18)19)20-11-3-4-16-10(6-11)8-15/h1-6H. The summed E-state index contributed by atoms with van der Waals surface area (Å²) in [5.41, 5.74) is -0.0188. The third-order valence-electron chi connectivity index (χ3n) is 2.36. The van der Waals surface area contributed by atoms with Crippen molar-refractivity contribution in [2.24, 2.45) is 0 Å². The van der Waals surface area contributed by atoms with Crippen LogP contribution in [0.1, 0.15) is 11.3 Å². The summed E-state index contributed by atoms with van der Waals surface area (Å²) in [5.74, 6) is 0.244. The number of nitro benzene ring substituents is 1. The summed E-state index contributed by atoms with van der Waals surface area (Å²) in [5, 5.41) is 28.4. The highest BCUT2D eigenvalue weighted by Gasteiger charge is 2.17. The van der Waals surface area contributed by atoms with Gasteiger partial charge in [0.25, 0.3) is 0 Å². The lowest BCUT2D eigenvalue weighted by Gasteiger charge is -2.06. The van der Waals surface area contributed by atoms with Crippen molar-refractivity contribution in [1.29, 1.82) is 10.5 Å². The highest BCUT2D eigenvalue weighted by Crippen LogP contribution is 2.31. The van der Waals surface area contributed by atoms with Gasteiger partial charge in [0.2, 0.25) is 5.75 Å². The molecule has 0 aliphatic heterocycles. The number of nitro groups is 1. The minimum absolute atomic E-state index is 0.0101. The van der Waals surface area contributed by atoms with Crippen molar-refractivity contribution in [3.05, 3.63) is 57.9 Å². The fourth-order valence-corrected chi connectivity index (χ4v) is 1.48. The monoisotopic (exact) mass is 266 g/mol. The molecule has 0 N–H and O–H groups in total. The Bertz CT molecular complexity index is 759. The van der Waals surface area contributed by atoms with Gasteiger partial charge in [-0.05, 0) is 18.2 Å². The van der Waals surface area contributed by atoms with Crippen LogP contribution < -0.4 is 4.74 Å². The fourth-order valence-electron chi connectivity index (χ4n) is 1.48. The Labute approximate surface area is 113 Å². The van der Waals surface area contributed by atoms with Gasteiger partial charge in [-0.15, -0.1) is 0 Å². The van der Waals surface area contributed by atoms with Crippen LogP contribution in [0.25, 0.3) is 0 Å². The van der Waals surface area contributed by atoms with Crippen LogP contribution in [-0.2, 0) is 0 Å². The molecule has 0 unspecified atom stereocenters. The van der Waals surface area contributed by atoms with Crippen LogP contribution in [0.3, 0.4) is 0 Å². The summed E-state index contributed by atoms with van der Waals surface area (Å²) in [6.07, 6.45) is 1.36. The molecule has 0 saturated carbocycles. The second-order valence-corrected chi connectivity index (χ2v) is 3.64. The van der Waals surface area contributed by atoms with Crippen molar-refractivity contribution in [2.45, 2.75) is 0 Å². The molecule has 1 aromatic heterocycles. The van der Waals surface area contributed by atoms with Crippen molar-refractivity contribution >= 4 is 5.69 Å². The van der Waals surface area contributed by atoms with Gasteiger partial charge in [-0.25, -0.2) is 4.98 Å². The van der Waals surface area contributed by atoms with E-state index < -0.39 is 4.92 Å². The Morgan fingerprint density at radius 3 is 2.65 bits per heavy atom. The smallest absolute Gasteiger partial charge is 0.312 e. The van der Waals surface area contributed by atoms with E-state index in [9.17, 15) is 10.1 Å². The predicted octanol–water partition coefficient (Wildman–Crippen LogP) is 2.53. The van der Waals surface area contributed by atoms with E-state index in [0.29, 0.717) is 0 Å². The van der Waals surface area contributed by atoms with Gasteiger partial charge in [0.05, 0.1) is 16.6 Å². The topological polar surface area (TPSA) is 113 Å². The molecule has 1 aromatic carbocycles. The predicted molar refractivity (Wildman–Crippen MR) is 66.8 cm³/mol. The zero-order valence-corrected chi connectivity index (χ0v) is 9.98. The summed E-state index contributed by atoms with van der Waals surface area (Å²) in [6.45, 7) is 0. The van der Waals surface area contributed by atoms with Crippen LogP contribution in [-0.4, -0.2) is 9.91 Å². The van der Waals surface area contributed by atoms with Crippen molar-refractivity contribution in [3.8, 4) is 23.6 Å². The molecule has 0 saturated heterocycles. The Balaban J connectivity index is 2.41. The maximum atomic E-state index is 11.0. The molecule has 0 amide bonds. The number of hydrogen-bond acceptors (Lipinski definition) is 6. The molecule has 96 valence electrons. The highest BCUT2D eigenvalue weighted by molar-refractivity contribution is 5.53. The normalized spacial score (nSPS) is 9.30. The third kappa shape index (κ3) is 2.68. The number of nitriles is 2. The minimum Gasteiger partial charge on any atom is -0.450 e. The number of rotatable bonds is 3. The number of hydrogen-bond donors (Lipinski definition) is 0. The van der Waals surface area contributed by atoms with Gasteiger partial charge in [0, 0.05) is 18.3 Å². The summed E-state index contributed by atoms with van der Waals surface area (Å²) >= 11 is 0. The van der Waals surface area contributed by atoms with Gasteiger partial charge in [0.15, 0.2) is 0 Å². The molecule has 0 aliphatic rings.